The maximum absolute atomic E-state index is 12.6. The number of oxime groups is 1. The molecule has 0 spiro atoms. The van der Waals surface area contributed by atoms with E-state index in [9.17, 15) is 20.2 Å². The molecule has 3 rings (SSSR count). The second kappa shape index (κ2) is 7.41. The number of phenols is 2. The lowest BCUT2D eigenvalue weighted by Crippen LogP contribution is -2.18. The average Bonchev–Trinajstić information content (AvgIpc) is 3.31. The Balaban J connectivity index is 2.05. The van der Waals surface area contributed by atoms with E-state index in [0.717, 1.165) is 18.9 Å². The van der Waals surface area contributed by atoms with Crippen LogP contribution in [0.1, 0.15) is 35.7 Å². The minimum atomic E-state index is -0.724. The summed E-state index contributed by atoms with van der Waals surface area (Å²) in [6.07, 6.45) is 8.67. The van der Waals surface area contributed by atoms with Gasteiger partial charge in [-0.25, -0.2) is 4.79 Å². The van der Waals surface area contributed by atoms with E-state index in [0.29, 0.717) is 11.8 Å². The zero-order valence-corrected chi connectivity index (χ0v) is 15.0. The van der Waals surface area contributed by atoms with Gasteiger partial charge in [0, 0.05) is 12.5 Å². The lowest BCUT2D eigenvalue weighted by atomic mass is 9.99. The summed E-state index contributed by atoms with van der Waals surface area (Å²) in [5, 5.41) is 32.4. The van der Waals surface area contributed by atoms with Crippen molar-refractivity contribution in [3.63, 3.8) is 0 Å². The molecule has 0 radical (unpaired) electrons. The van der Waals surface area contributed by atoms with Crippen LogP contribution in [-0.2, 0) is 11.2 Å². The number of aromatic hydroxyl groups is 2. The van der Waals surface area contributed by atoms with Crippen molar-refractivity contribution in [3.8, 4) is 11.5 Å². The van der Waals surface area contributed by atoms with Crippen molar-refractivity contribution < 1.29 is 25.0 Å². The number of carbonyl (C=O) groups excluding carboxylic acids is 1. The van der Waals surface area contributed by atoms with Gasteiger partial charge in [0.05, 0.1) is 16.8 Å². The summed E-state index contributed by atoms with van der Waals surface area (Å²) < 4.78 is 5.48. The van der Waals surface area contributed by atoms with Crippen molar-refractivity contribution in [2.24, 2.45) is 17.0 Å². The predicted octanol–water partition coefficient (Wildman–Crippen LogP) is 3.82. The number of hydrogen-bond acceptors (Lipinski definition) is 6. The quantitative estimate of drug-likeness (QED) is 0.362. The highest BCUT2D eigenvalue weighted by molar-refractivity contribution is 6.33. The molecule has 138 valence electrons. The Bertz CT molecular complexity index is 815. The average molecular weight is 378 g/mol. The number of halogens is 1. The Morgan fingerprint density at radius 3 is 2.73 bits per heavy atom. The number of fused-ring (bicyclic) bond motifs is 2. The Hall–Kier alpha value is -2.47. The molecule has 1 heterocycles. The molecule has 1 fully saturated rings. The molecular weight excluding hydrogens is 358 g/mol. The SMILES string of the molecule is CC1C[C@H]2CC2\C=C/C=C/C(=N/O)Cc2c(Cl)c(O)cc(O)c2C(=O)O1. The van der Waals surface area contributed by atoms with Crippen molar-refractivity contribution in [1.82, 2.24) is 0 Å². The maximum atomic E-state index is 12.6. The fourth-order valence-corrected chi connectivity index (χ4v) is 3.47. The monoisotopic (exact) mass is 377 g/mol. The second-order valence-corrected chi connectivity index (χ2v) is 7.08. The summed E-state index contributed by atoms with van der Waals surface area (Å²) >= 11 is 6.14. The van der Waals surface area contributed by atoms with Gasteiger partial charge >= 0.3 is 5.97 Å². The first kappa shape index (κ1) is 18.3. The number of rotatable bonds is 0. The van der Waals surface area contributed by atoms with Gasteiger partial charge in [-0.05, 0) is 43.2 Å². The van der Waals surface area contributed by atoms with Crippen LogP contribution < -0.4 is 0 Å². The highest BCUT2D eigenvalue weighted by Gasteiger charge is 2.36. The molecule has 0 saturated heterocycles. The van der Waals surface area contributed by atoms with E-state index in [4.69, 9.17) is 16.3 Å². The third-order valence-corrected chi connectivity index (χ3v) is 5.11. The highest BCUT2D eigenvalue weighted by atomic mass is 35.5. The van der Waals surface area contributed by atoms with E-state index < -0.39 is 11.7 Å². The largest absolute Gasteiger partial charge is 0.507 e. The molecule has 7 heteroatoms. The lowest BCUT2D eigenvalue weighted by Gasteiger charge is -2.17. The fraction of sp³-hybridized carbons (Fsp3) is 0.368. The van der Waals surface area contributed by atoms with Crippen LogP contribution in [0.15, 0.2) is 35.5 Å². The molecule has 0 bridgehead atoms. The summed E-state index contributed by atoms with van der Waals surface area (Å²) in [5.41, 5.74) is 0.228. The number of benzene rings is 1. The topological polar surface area (TPSA) is 99.4 Å². The summed E-state index contributed by atoms with van der Waals surface area (Å²) in [4.78, 5) is 12.6. The van der Waals surface area contributed by atoms with Gasteiger partial charge < -0.3 is 20.2 Å². The molecule has 3 N–H and O–H groups in total. The number of carbonyl (C=O) groups is 1. The molecule has 0 amide bonds. The first-order valence-corrected chi connectivity index (χ1v) is 8.78. The third kappa shape index (κ3) is 3.85. The number of esters is 1. The van der Waals surface area contributed by atoms with Crippen LogP contribution in [0.25, 0.3) is 0 Å². The van der Waals surface area contributed by atoms with Gasteiger partial charge in [0.1, 0.15) is 17.1 Å². The van der Waals surface area contributed by atoms with Gasteiger partial charge in [0.25, 0.3) is 0 Å². The molecule has 1 aliphatic carbocycles. The molecule has 2 unspecified atom stereocenters. The zero-order chi connectivity index (χ0) is 18.8. The van der Waals surface area contributed by atoms with E-state index in [1.807, 2.05) is 13.0 Å². The molecule has 1 aliphatic heterocycles. The Morgan fingerprint density at radius 2 is 2.00 bits per heavy atom. The highest BCUT2D eigenvalue weighted by Crippen LogP contribution is 2.44. The molecule has 0 aromatic heterocycles. The standard InChI is InChI=1S/C19H20ClNO5/c1-10-6-12-7-11(12)4-2-3-5-13(21-25)8-14-17(19(24)26-10)15(22)9-16(23)18(14)20/h2-5,9-12,22-23,25H,6-8H2,1H3/b4-2-,5-3+,21-13-/t10?,11?,12-/m0/s1. The van der Waals surface area contributed by atoms with Gasteiger partial charge in [-0.1, -0.05) is 35.0 Å². The molecule has 3 atom stereocenters. The van der Waals surface area contributed by atoms with Crippen molar-refractivity contribution >= 4 is 23.3 Å². The molecule has 1 aromatic carbocycles. The van der Waals surface area contributed by atoms with E-state index in [2.05, 4.69) is 11.2 Å². The van der Waals surface area contributed by atoms with Crippen molar-refractivity contribution in [1.29, 1.82) is 0 Å². The molecule has 6 nitrogen and oxygen atoms in total. The van der Waals surface area contributed by atoms with Crippen molar-refractivity contribution in [3.05, 3.63) is 46.5 Å². The van der Waals surface area contributed by atoms with Gasteiger partial charge in [-0.2, -0.15) is 0 Å². The summed E-state index contributed by atoms with van der Waals surface area (Å²) in [6, 6.07) is 1.00. The van der Waals surface area contributed by atoms with Crippen LogP contribution in [0.5, 0.6) is 11.5 Å². The van der Waals surface area contributed by atoms with Crippen LogP contribution in [0.3, 0.4) is 0 Å². The summed E-state index contributed by atoms with van der Waals surface area (Å²) in [5.74, 6) is -0.625. The number of cyclic esters (lactones) is 1. The van der Waals surface area contributed by atoms with Crippen LogP contribution in [-0.4, -0.2) is 33.2 Å². The van der Waals surface area contributed by atoms with E-state index in [1.165, 1.54) is 0 Å². The Morgan fingerprint density at radius 1 is 1.23 bits per heavy atom. The van der Waals surface area contributed by atoms with Gasteiger partial charge in [0.15, 0.2) is 0 Å². The Labute approximate surface area is 156 Å². The number of hydrogen-bond donors (Lipinski definition) is 3. The van der Waals surface area contributed by atoms with Gasteiger partial charge in [-0.3, -0.25) is 0 Å². The van der Waals surface area contributed by atoms with Gasteiger partial charge in [-0.15, -0.1) is 0 Å². The van der Waals surface area contributed by atoms with Crippen molar-refractivity contribution in [2.75, 3.05) is 0 Å². The van der Waals surface area contributed by atoms with Crippen LogP contribution in [0.4, 0.5) is 0 Å². The minimum Gasteiger partial charge on any atom is -0.507 e. The van der Waals surface area contributed by atoms with Crippen LogP contribution in [0.2, 0.25) is 5.02 Å². The lowest BCUT2D eigenvalue weighted by molar-refractivity contribution is 0.0307. The molecule has 1 aromatic rings. The van der Waals surface area contributed by atoms with Gasteiger partial charge in [0.2, 0.25) is 0 Å². The van der Waals surface area contributed by atoms with Crippen LogP contribution >= 0.6 is 11.6 Å². The van der Waals surface area contributed by atoms with Crippen LogP contribution in [0, 0.1) is 11.8 Å². The van der Waals surface area contributed by atoms with E-state index >= 15 is 0 Å². The molecular formula is C19H20ClNO5. The number of ether oxygens (including phenoxy) is 1. The first-order chi connectivity index (χ1) is 12.4. The zero-order valence-electron chi connectivity index (χ0n) is 14.2. The normalized spacial score (nSPS) is 29.8. The number of nitrogens with zero attached hydrogens (tertiary/aromatic N) is 1. The predicted molar refractivity (Wildman–Crippen MR) is 97.1 cm³/mol. The molecule has 2 aliphatic rings. The number of phenolic OH excluding ortho intramolecular Hbond substituents is 2. The summed E-state index contributed by atoms with van der Waals surface area (Å²) in [7, 11) is 0. The third-order valence-electron chi connectivity index (χ3n) is 4.69. The fourth-order valence-electron chi connectivity index (χ4n) is 3.25. The summed E-state index contributed by atoms with van der Waals surface area (Å²) in [6.45, 7) is 1.81. The second-order valence-electron chi connectivity index (χ2n) is 6.71. The van der Waals surface area contributed by atoms with Crippen molar-refractivity contribution in [2.45, 2.75) is 32.3 Å². The maximum Gasteiger partial charge on any atom is 0.342 e. The Kier molecular flexibility index (Phi) is 5.23. The smallest absolute Gasteiger partial charge is 0.342 e. The first-order valence-electron chi connectivity index (χ1n) is 8.40. The molecule has 1 saturated carbocycles. The minimum absolute atomic E-state index is 0.0630. The van der Waals surface area contributed by atoms with E-state index in [1.54, 1.807) is 12.2 Å². The molecule has 26 heavy (non-hydrogen) atoms. The van der Waals surface area contributed by atoms with E-state index in [-0.39, 0.29) is 40.1 Å². The number of allylic oxidation sites excluding steroid dienone is 4.